The van der Waals surface area contributed by atoms with Crippen molar-refractivity contribution in [3.8, 4) is 17.6 Å². The van der Waals surface area contributed by atoms with E-state index in [0.29, 0.717) is 6.04 Å². The third-order valence-electron chi connectivity index (χ3n) is 4.26. The van der Waals surface area contributed by atoms with Crippen molar-refractivity contribution >= 4 is 0 Å². The zero-order chi connectivity index (χ0) is 15.2. The molecular formula is C18H25NO2. The molecule has 21 heavy (non-hydrogen) atoms. The number of methoxy groups -OCH3 is 1. The van der Waals surface area contributed by atoms with Gasteiger partial charge >= 0.3 is 0 Å². The highest BCUT2D eigenvalue weighted by atomic mass is 16.5. The Bertz CT molecular complexity index is 530. The van der Waals surface area contributed by atoms with E-state index in [2.05, 4.69) is 36.7 Å². The smallest absolute Gasteiger partial charge is 0.119 e. The SMILES string of the molecule is COc1ccc(C#CCO)c(CN2CCC(C)CC2C)c1. The first-order valence-corrected chi connectivity index (χ1v) is 7.64. The summed E-state index contributed by atoms with van der Waals surface area (Å²) in [6.45, 7) is 6.54. The van der Waals surface area contributed by atoms with Crippen molar-refractivity contribution in [1.29, 1.82) is 0 Å². The summed E-state index contributed by atoms with van der Waals surface area (Å²) in [6, 6.07) is 6.56. The molecule has 1 fully saturated rings. The minimum Gasteiger partial charge on any atom is -0.497 e. The minimum absolute atomic E-state index is 0.108. The molecule has 1 aromatic carbocycles. The fourth-order valence-electron chi connectivity index (χ4n) is 2.99. The number of hydrogen-bond acceptors (Lipinski definition) is 3. The fraction of sp³-hybridized carbons (Fsp3) is 0.556. The largest absolute Gasteiger partial charge is 0.497 e. The lowest BCUT2D eigenvalue weighted by Crippen LogP contribution is -2.39. The minimum atomic E-state index is -0.108. The Kier molecular flexibility index (Phi) is 5.67. The number of ether oxygens (including phenoxy) is 1. The van der Waals surface area contributed by atoms with Gasteiger partial charge in [0.1, 0.15) is 12.4 Å². The maximum atomic E-state index is 8.90. The van der Waals surface area contributed by atoms with E-state index in [9.17, 15) is 0 Å². The molecule has 0 bridgehead atoms. The summed E-state index contributed by atoms with van der Waals surface area (Å²) >= 11 is 0. The standard InChI is InChI=1S/C18H25NO2/c1-14-8-9-19(15(2)11-14)13-17-12-18(21-3)7-6-16(17)5-4-10-20/h6-7,12,14-15,20H,8-11,13H2,1-3H3. The molecule has 1 saturated heterocycles. The highest BCUT2D eigenvalue weighted by molar-refractivity contribution is 5.45. The van der Waals surface area contributed by atoms with Crippen LogP contribution in [0.15, 0.2) is 18.2 Å². The lowest BCUT2D eigenvalue weighted by molar-refractivity contribution is 0.122. The molecule has 0 amide bonds. The molecule has 0 spiro atoms. The number of likely N-dealkylation sites (tertiary alicyclic amines) is 1. The summed E-state index contributed by atoms with van der Waals surface area (Å²) in [5, 5.41) is 8.90. The molecule has 114 valence electrons. The van der Waals surface area contributed by atoms with E-state index < -0.39 is 0 Å². The van der Waals surface area contributed by atoms with Gasteiger partial charge in [-0.2, -0.15) is 0 Å². The van der Waals surface area contributed by atoms with Gasteiger partial charge in [0.05, 0.1) is 7.11 Å². The van der Waals surface area contributed by atoms with Gasteiger partial charge in [-0.1, -0.05) is 18.8 Å². The highest BCUT2D eigenvalue weighted by Gasteiger charge is 2.23. The van der Waals surface area contributed by atoms with Gasteiger partial charge in [0.25, 0.3) is 0 Å². The Labute approximate surface area is 127 Å². The van der Waals surface area contributed by atoms with Gasteiger partial charge in [0.2, 0.25) is 0 Å². The van der Waals surface area contributed by atoms with Gasteiger partial charge in [-0.25, -0.2) is 0 Å². The van der Waals surface area contributed by atoms with Crippen LogP contribution in [0.3, 0.4) is 0 Å². The molecule has 3 nitrogen and oxygen atoms in total. The Balaban J connectivity index is 2.20. The maximum absolute atomic E-state index is 8.90. The second-order valence-electron chi connectivity index (χ2n) is 5.93. The molecule has 1 heterocycles. The van der Waals surface area contributed by atoms with E-state index in [0.717, 1.165) is 30.3 Å². The van der Waals surface area contributed by atoms with Crippen LogP contribution in [-0.4, -0.2) is 36.3 Å². The van der Waals surface area contributed by atoms with Crippen LogP contribution in [0.25, 0.3) is 0 Å². The van der Waals surface area contributed by atoms with E-state index in [1.165, 1.54) is 18.4 Å². The molecule has 0 aliphatic carbocycles. The molecule has 2 rings (SSSR count). The predicted octanol–water partition coefficient (Wildman–Crippen LogP) is 2.66. The zero-order valence-corrected chi connectivity index (χ0v) is 13.2. The number of nitrogens with zero attached hydrogens (tertiary/aromatic N) is 1. The average Bonchev–Trinajstić information content (AvgIpc) is 2.48. The van der Waals surface area contributed by atoms with Crippen LogP contribution in [0.5, 0.6) is 5.75 Å². The summed E-state index contributed by atoms with van der Waals surface area (Å²) in [7, 11) is 1.68. The summed E-state index contributed by atoms with van der Waals surface area (Å²) in [6.07, 6.45) is 2.51. The van der Waals surface area contributed by atoms with Gasteiger partial charge in [-0.15, -0.1) is 0 Å². The third kappa shape index (κ3) is 4.23. The Morgan fingerprint density at radius 2 is 2.19 bits per heavy atom. The van der Waals surface area contributed by atoms with Crippen molar-refractivity contribution in [2.75, 3.05) is 20.3 Å². The number of rotatable bonds is 3. The number of aliphatic hydroxyl groups is 1. The van der Waals surface area contributed by atoms with Crippen molar-refractivity contribution < 1.29 is 9.84 Å². The first-order valence-electron chi connectivity index (χ1n) is 7.64. The van der Waals surface area contributed by atoms with Crippen LogP contribution in [-0.2, 0) is 6.54 Å². The molecule has 2 atom stereocenters. The van der Waals surface area contributed by atoms with Gasteiger partial charge in [0.15, 0.2) is 0 Å². The lowest BCUT2D eigenvalue weighted by atomic mass is 9.92. The van der Waals surface area contributed by atoms with Gasteiger partial charge in [-0.3, -0.25) is 4.90 Å². The number of benzene rings is 1. The van der Waals surface area contributed by atoms with Gasteiger partial charge in [-0.05, 0) is 56.0 Å². The molecular weight excluding hydrogens is 262 g/mol. The van der Waals surface area contributed by atoms with Crippen molar-refractivity contribution in [1.82, 2.24) is 4.90 Å². The van der Waals surface area contributed by atoms with E-state index in [4.69, 9.17) is 9.84 Å². The van der Waals surface area contributed by atoms with Gasteiger partial charge < -0.3 is 9.84 Å². The monoisotopic (exact) mass is 287 g/mol. The molecule has 0 radical (unpaired) electrons. The molecule has 1 aliphatic rings. The Hall–Kier alpha value is -1.50. The summed E-state index contributed by atoms with van der Waals surface area (Å²) in [5.74, 6) is 7.46. The normalized spacial score (nSPS) is 22.5. The summed E-state index contributed by atoms with van der Waals surface area (Å²) in [4.78, 5) is 2.51. The molecule has 1 N–H and O–H groups in total. The molecule has 2 unspecified atom stereocenters. The Morgan fingerprint density at radius 3 is 2.86 bits per heavy atom. The summed E-state index contributed by atoms with van der Waals surface area (Å²) in [5.41, 5.74) is 2.16. The molecule has 1 aromatic rings. The van der Waals surface area contributed by atoms with Crippen LogP contribution < -0.4 is 4.74 Å². The molecule has 0 saturated carbocycles. The fourth-order valence-corrected chi connectivity index (χ4v) is 2.99. The average molecular weight is 287 g/mol. The lowest BCUT2D eigenvalue weighted by Gasteiger charge is -2.36. The Morgan fingerprint density at radius 1 is 1.38 bits per heavy atom. The number of hydrogen-bond donors (Lipinski definition) is 1. The molecule has 0 aromatic heterocycles. The second-order valence-corrected chi connectivity index (χ2v) is 5.93. The zero-order valence-electron chi connectivity index (χ0n) is 13.2. The van der Waals surface area contributed by atoms with Crippen molar-refractivity contribution in [2.45, 2.75) is 39.3 Å². The van der Waals surface area contributed by atoms with E-state index in [1.807, 2.05) is 12.1 Å². The highest BCUT2D eigenvalue weighted by Crippen LogP contribution is 2.26. The first kappa shape index (κ1) is 15.9. The number of piperidine rings is 1. The van der Waals surface area contributed by atoms with Crippen molar-refractivity contribution in [3.63, 3.8) is 0 Å². The quantitative estimate of drug-likeness (QED) is 0.868. The van der Waals surface area contributed by atoms with E-state index in [1.54, 1.807) is 7.11 Å². The molecule has 3 heteroatoms. The number of aliphatic hydroxyl groups excluding tert-OH is 1. The van der Waals surface area contributed by atoms with Gasteiger partial charge in [0, 0.05) is 18.2 Å². The second kappa shape index (κ2) is 7.49. The first-order chi connectivity index (χ1) is 10.1. The summed E-state index contributed by atoms with van der Waals surface area (Å²) < 4.78 is 5.33. The van der Waals surface area contributed by atoms with Crippen LogP contribution in [0, 0.1) is 17.8 Å². The molecule has 1 aliphatic heterocycles. The van der Waals surface area contributed by atoms with E-state index >= 15 is 0 Å². The topological polar surface area (TPSA) is 32.7 Å². The van der Waals surface area contributed by atoms with Crippen LogP contribution in [0.4, 0.5) is 0 Å². The van der Waals surface area contributed by atoms with Crippen molar-refractivity contribution in [2.24, 2.45) is 5.92 Å². The third-order valence-corrected chi connectivity index (χ3v) is 4.26. The predicted molar refractivity (Wildman–Crippen MR) is 85.2 cm³/mol. The maximum Gasteiger partial charge on any atom is 0.119 e. The van der Waals surface area contributed by atoms with E-state index in [-0.39, 0.29) is 6.61 Å². The van der Waals surface area contributed by atoms with Crippen LogP contribution >= 0.6 is 0 Å². The van der Waals surface area contributed by atoms with Crippen LogP contribution in [0.1, 0.15) is 37.8 Å². The van der Waals surface area contributed by atoms with Crippen LogP contribution in [0.2, 0.25) is 0 Å². The van der Waals surface area contributed by atoms with Crippen molar-refractivity contribution in [3.05, 3.63) is 29.3 Å².